The summed E-state index contributed by atoms with van der Waals surface area (Å²) in [5.41, 5.74) is -0.0515. The number of carbonyl (C=O) groups excluding carboxylic acids is 2. The predicted octanol–water partition coefficient (Wildman–Crippen LogP) is 0.633. The maximum atomic E-state index is 12.3. The number of likely N-dealkylation sites (tertiary alicyclic amines) is 1. The standard InChI is InChI=1S/C13H22N2O3/c1-13(2)7-8-15(13)12(17)10-6-5-9(18-10)11(16)14(3)4/h9-10H,5-8H2,1-4H3/t9-,10+/m0/s1. The van der Waals surface area contributed by atoms with Crippen LogP contribution in [0.25, 0.3) is 0 Å². The Balaban J connectivity index is 1.93. The van der Waals surface area contributed by atoms with Gasteiger partial charge in [-0.05, 0) is 33.1 Å². The fraction of sp³-hybridized carbons (Fsp3) is 0.846. The highest BCUT2D eigenvalue weighted by Crippen LogP contribution is 2.33. The zero-order chi connectivity index (χ0) is 13.5. The minimum atomic E-state index is -0.446. The fourth-order valence-corrected chi connectivity index (χ4v) is 2.54. The normalized spacial score (nSPS) is 29.9. The topological polar surface area (TPSA) is 49.9 Å². The first-order chi connectivity index (χ1) is 8.33. The number of ether oxygens (including phenoxy) is 1. The Bertz CT molecular complexity index is 365. The Kier molecular flexibility index (Phi) is 3.36. The Morgan fingerprint density at radius 2 is 1.83 bits per heavy atom. The van der Waals surface area contributed by atoms with E-state index in [9.17, 15) is 9.59 Å². The average Bonchev–Trinajstić information content (AvgIpc) is 2.75. The van der Waals surface area contributed by atoms with Gasteiger partial charge in [0.05, 0.1) is 0 Å². The Labute approximate surface area is 108 Å². The van der Waals surface area contributed by atoms with Gasteiger partial charge in [-0.1, -0.05) is 0 Å². The SMILES string of the molecule is CN(C)C(=O)[C@@H]1CC[C@H](C(=O)N2CCC2(C)C)O1. The monoisotopic (exact) mass is 254 g/mol. The molecule has 2 atom stereocenters. The summed E-state index contributed by atoms with van der Waals surface area (Å²) in [6.07, 6.45) is 1.44. The molecule has 2 amide bonds. The second-order valence-corrected chi connectivity index (χ2v) is 5.98. The number of likely N-dealkylation sites (N-methyl/N-ethyl adjacent to an activating group) is 1. The first kappa shape index (κ1) is 13.3. The minimum Gasteiger partial charge on any atom is -0.355 e. The summed E-state index contributed by atoms with van der Waals surface area (Å²) in [6, 6.07) is 0. The third-order valence-corrected chi connectivity index (χ3v) is 3.96. The summed E-state index contributed by atoms with van der Waals surface area (Å²) in [4.78, 5) is 27.4. The molecule has 0 aliphatic carbocycles. The lowest BCUT2D eigenvalue weighted by molar-refractivity contribution is -0.159. The summed E-state index contributed by atoms with van der Waals surface area (Å²) in [5.74, 6) is -0.00604. The number of hydrogen-bond acceptors (Lipinski definition) is 3. The molecule has 2 saturated heterocycles. The summed E-state index contributed by atoms with van der Waals surface area (Å²) in [5, 5.41) is 0. The first-order valence-electron chi connectivity index (χ1n) is 6.51. The zero-order valence-electron chi connectivity index (χ0n) is 11.6. The van der Waals surface area contributed by atoms with Crippen LogP contribution in [-0.2, 0) is 14.3 Å². The number of hydrogen-bond donors (Lipinski definition) is 0. The number of nitrogens with zero attached hydrogens (tertiary/aromatic N) is 2. The lowest BCUT2D eigenvalue weighted by Crippen LogP contribution is -2.60. The van der Waals surface area contributed by atoms with Crippen molar-refractivity contribution in [3.63, 3.8) is 0 Å². The average molecular weight is 254 g/mol. The molecule has 0 aromatic heterocycles. The Morgan fingerprint density at radius 1 is 1.22 bits per heavy atom. The third kappa shape index (κ3) is 2.23. The summed E-state index contributed by atoms with van der Waals surface area (Å²) in [7, 11) is 3.42. The van der Waals surface area contributed by atoms with Crippen LogP contribution in [0.4, 0.5) is 0 Å². The van der Waals surface area contributed by atoms with E-state index in [1.54, 1.807) is 14.1 Å². The van der Waals surface area contributed by atoms with Gasteiger partial charge in [-0.25, -0.2) is 0 Å². The molecule has 5 nitrogen and oxygen atoms in total. The maximum Gasteiger partial charge on any atom is 0.252 e. The van der Waals surface area contributed by atoms with Gasteiger partial charge in [0.1, 0.15) is 12.2 Å². The van der Waals surface area contributed by atoms with Crippen molar-refractivity contribution in [1.82, 2.24) is 9.80 Å². The van der Waals surface area contributed by atoms with E-state index < -0.39 is 12.2 Å². The molecule has 0 aromatic carbocycles. The van der Waals surface area contributed by atoms with Gasteiger partial charge in [0.25, 0.3) is 11.8 Å². The van der Waals surface area contributed by atoms with Crippen molar-refractivity contribution < 1.29 is 14.3 Å². The van der Waals surface area contributed by atoms with Gasteiger partial charge in [0.15, 0.2) is 0 Å². The van der Waals surface area contributed by atoms with Crippen LogP contribution < -0.4 is 0 Å². The van der Waals surface area contributed by atoms with E-state index in [0.29, 0.717) is 12.8 Å². The van der Waals surface area contributed by atoms with Crippen LogP contribution in [0.5, 0.6) is 0 Å². The van der Waals surface area contributed by atoms with Gasteiger partial charge >= 0.3 is 0 Å². The van der Waals surface area contributed by atoms with E-state index >= 15 is 0 Å². The van der Waals surface area contributed by atoms with Crippen molar-refractivity contribution in [1.29, 1.82) is 0 Å². The molecule has 0 bridgehead atoms. The van der Waals surface area contributed by atoms with Crippen LogP contribution in [-0.4, -0.2) is 60.0 Å². The molecule has 2 heterocycles. The Morgan fingerprint density at radius 3 is 2.28 bits per heavy atom. The van der Waals surface area contributed by atoms with Crippen molar-refractivity contribution >= 4 is 11.8 Å². The van der Waals surface area contributed by atoms with E-state index in [1.807, 2.05) is 4.90 Å². The molecule has 0 aromatic rings. The molecule has 2 aliphatic rings. The van der Waals surface area contributed by atoms with Crippen LogP contribution in [0.1, 0.15) is 33.1 Å². The Hall–Kier alpha value is -1.10. The summed E-state index contributed by atoms with van der Waals surface area (Å²) >= 11 is 0. The van der Waals surface area contributed by atoms with Crippen molar-refractivity contribution in [2.45, 2.75) is 50.9 Å². The van der Waals surface area contributed by atoms with Crippen molar-refractivity contribution in [2.75, 3.05) is 20.6 Å². The molecule has 5 heteroatoms. The van der Waals surface area contributed by atoms with Crippen LogP contribution in [0, 0.1) is 0 Å². The van der Waals surface area contributed by atoms with Gasteiger partial charge in [-0.15, -0.1) is 0 Å². The smallest absolute Gasteiger partial charge is 0.252 e. The zero-order valence-corrected chi connectivity index (χ0v) is 11.6. The van der Waals surface area contributed by atoms with Gasteiger partial charge in [0.2, 0.25) is 0 Å². The van der Waals surface area contributed by atoms with E-state index in [-0.39, 0.29) is 17.4 Å². The fourth-order valence-electron chi connectivity index (χ4n) is 2.54. The second-order valence-electron chi connectivity index (χ2n) is 5.98. The molecule has 2 aliphatic heterocycles. The molecule has 2 rings (SSSR count). The van der Waals surface area contributed by atoms with Crippen LogP contribution in [0.3, 0.4) is 0 Å². The molecule has 18 heavy (non-hydrogen) atoms. The minimum absolute atomic E-state index is 0.0420. The van der Waals surface area contributed by atoms with E-state index in [1.165, 1.54) is 4.90 Å². The van der Waals surface area contributed by atoms with Crippen molar-refractivity contribution in [2.24, 2.45) is 0 Å². The summed E-state index contributed by atoms with van der Waals surface area (Å²) in [6.45, 7) is 4.93. The van der Waals surface area contributed by atoms with Crippen LogP contribution in [0.15, 0.2) is 0 Å². The van der Waals surface area contributed by atoms with Crippen molar-refractivity contribution in [3.8, 4) is 0 Å². The maximum absolute atomic E-state index is 12.3. The number of amides is 2. The molecule has 0 spiro atoms. The quantitative estimate of drug-likeness (QED) is 0.726. The van der Waals surface area contributed by atoms with Crippen molar-refractivity contribution in [3.05, 3.63) is 0 Å². The van der Waals surface area contributed by atoms with Crippen LogP contribution in [0.2, 0.25) is 0 Å². The highest BCUT2D eigenvalue weighted by Gasteiger charge is 2.45. The molecule has 2 fully saturated rings. The number of rotatable bonds is 2. The number of carbonyl (C=O) groups is 2. The van der Waals surface area contributed by atoms with Gasteiger partial charge in [0, 0.05) is 26.2 Å². The predicted molar refractivity (Wildman–Crippen MR) is 67.0 cm³/mol. The first-order valence-corrected chi connectivity index (χ1v) is 6.51. The van der Waals surface area contributed by atoms with Gasteiger partial charge in [-0.2, -0.15) is 0 Å². The molecule has 0 saturated carbocycles. The second kappa shape index (κ2) is 4.53. The summed E-state index contributed by atoms with van der Waals surface area (Å²) < 4.78 is 5.61. The third-order valence-electron chi connectivity index (χ3n) is 3.96. The molecule has 102 valence electrons. The highest BCUT2D eigenvalue weighted by molar-refractivity contribution is 5.85. The lowest BCUT2D eigenvalue weighted by atomic mass is 9.88. The van der Waals surface area contributed by atoms with E-state index in [0.717, 1.165) is 13.0 Å². The van der Waals surface area contributed by atoms with E-state index in [4.69, 9.17) is 4.74 Å². The van der Waals surface area contributed by atoms with Gasteiger partial charge < -0.3 is 14.5 Å². The lowest BCUT2D eigenvalue weighted by Gasteiger charge is -2.49. The largest absolute Gasteiger partial charge is 0.355 e. The molecule has 0 N–H and O–H groups in total. The molecular weight excluding hydrogens is 232 g/mol. The highest BCUT2D eigenvalue weighted by atomic mass is 16.5. The van der Waals surface area contributed by atoms with Gasteiger partial charge in [-0.3, -0.25) is 9.59 Å². The molecule has 0 radical (unpaired) electrons. The van der Waals surface area contributed by atoms with E-state index in [2.05, 4.69) is 13.8 Å². The molecular formula is C13H22N2O3. The van der Waals surface area contributed by atoms with Crippen LogP contribution >= 0.6 is 0 Å². The molecule has 0 unspecified atom stereocenters.